The number of aliphatic hydroxyl groups excluding tert-OH is 1. The van der Waals surface area contributed by atoms with Crippen LogP contribution in [-0.4, -0.2) is 46.2 Å². The molecule has 1 aromatic carbocycles. The highest BCUT2D eigenvalue weighted by Crippen LogP contribution is 2.40. The van der Waals surface area contributed by atoms with E-state index in [0.717, 1.165) is 17.1 Å². The second-order valence-corrected chi connectivity index (χ2v) is 7.60. The Bertz CT molecular complexity index is 389. The van der Waals surface area contributed by atoms with E-state index in [2.05, 4.69) is 32.0 Å². The van der Waals surface area contributed by atoms with Crippen LogP contribution in [0.3, 0.4) is 0 Å². The molecule has 0 aliphatic carbocycles. The summed E-state index contributed by atoms with van der Waals surface area (Å²) in [4.78, 5) is 2.27. The number of thioether (sulfide) groups is 2. The van der Waals surface area contributed by atoms with Crippen LogP contribution in [0.4, 0.5) is 0 Å². The molecule has 1 atom stereocenters. The molecule has 1 N–H and O–H groups in total. The van der Waals surface area contributed by atoms with Crippen molar-refractivity contribution in [2.75, 3.05) is 25.6 Å². The summed E-state index contributed by atoms with van der Waals surface area (Å²) < 4.78 is 0.266. The molecule has 0 bridgehead atoms. The summed E-state index contributed by atoms with van der Waals surface area (Å²) in [5.74, 6) is 2.21. The number of hydrogen-bond donors (Lipinski definition) is 1. The maximum absolute atomic E-state index is 10.5. The second-order valence-electron chi connectivity index (χ2n) is 4.95. The van der Waals surface area contributed by atoms with Crippen LogP contribution in [0.2, 0.25) is 0 Å². The van der Waals surface area contributed by atoms with Gasteiger partial charge in [-0.25, -0.2) is 0 Å². The van der Waals surface area contributed by atoms with Gasteiger partial charge in [-0.05, 0) is 32.1 Å². The normalized spacial score (nSPS) is 26.3. The van der Waals surface area contributed by atoms with Crippen molar-refractivity contribution < 1.29 is 5.11 Å². The van der Waals surface area contributed by atoms with Gasteiger partial charge in [0.05, 0.1) is 4.58 Å². The van der Waals surface area contributed by atoms with Crippen molar-refractivity contribution in [1.82, 2.24) is 4.90 Å². The molecule has 1 aliphatic heterocycles. The fourth-order valence-electron chi connectivity index (χ4n) is 2.05. The average Bonchev–Trinajstić information content (AvgIpc) is 2.38. The minimum atomic E-state index is -0.357. The van der Waals surface area contributed by atoms with Crippen molar-refractivity contribution in [2.24, 2.45) is 0 Å². The minimum Gasteiger partial charge on any atom is -0.386 e. The molecule has 1 saturated heterocycles. The summed E-state index contributed by atoms with van der Waals surface area (Å²) in [5, 5.41) is 10.5. The van der Waals surface area contributed by atoms with Gasteiger partial charge >= 0.3 is 0 Å². The number of nitrogens with zero attached hydrogens (tertiary/aromatic N) is 1. The molecule has 0 spiro atoms. The molecule has 2 rings (SSSR count). The van der Waals surface area contributed by atoms with E-state index in [1.54, 1.807) is 0 Å². The van der Waals surface area contributed by atoms with E-state index in [-0.39, 0.29) is 10.7 Å². The quantitative estimate of drug-likeness (QED) is 0.921. The van der Waals surface area contributed by atoms with Crippen molar-refractivity contribution in [2.45, 2.75) is 23.7 Å². The van der Waals surface area contributed by atoms with E-state index in [4.69, 9.17) is 0 Å². The smallest absolute Gasteiger partial charge is 0.100 e. The predicted molar refractivity (Wildman–Crippen MR) is 82.3 cm³/mol. The molecular weight excluding hydrogens is 262 g/mol. The lowest BCUT2D eigenvalue weighted by molar-refractivity contribution is 0.194. The Balaban J connectivity index is 2.00. The fourth-order valence-corrected chi connectivity index (χ4v) is 5.37. The van der Waals surface area contributed by atoms with Crippen LogP contribution in [-0.2, 0) is 0 Å². The molecule has 4 heteroatoms. The first-order valence-electron chi connectivity index (χ1n) is 6.23. The molecule has 2 nitrogen and oxygen atoms in total. The van der Waals surface area contributed by atoms with Gasteiger partial charge in [0, 0.05) is 17.5 Å². The molecule has 1 unspecified atom stereocenters. The standard InChI is InChI=1S/C14H21NOS2/c1-10-6-4-5-7-12(10)13(16)14-17-8-11(9-18-14)15(2)3/h4-7,11,13-14,16H,8-9H2,1-3H3. The van der Waals surface area contributed by atoms with E-state index in [0.29, 0.717) is 6.04 Å². The van der Waals surface area contributed by atoms with Crippen LogP contribution in [0.25, 0.3) is 0 Å². The summed E-state index contributed by atoms with van der Waals surface area (Å²) in [6.45, 7) is 2.07. The van der Waals surface area contributed by atoms with Crippen LogP contribution < -0.4 is 0 Å². The third-order valence-corrected chi connectivity index (χ3v) is 6.54. The summed E-state index contributed by atoms with van der Waals surface area (Å²) in [6, 6.07) is 8.76. The van der Waals surface area contributed by atoms with Crippen LogP contribution in [0.1, 0.15) is 17.2 Å². The number of benzene rings is 1. The minimum absolute atomic E-state index is 0.266. The van der Waals surface area contributed by atoms with Crippen LogP contribution in [0.5, 0.6) is 0 Å². The van der Waals surface area contributed by atoms with Crippen molar-refractivity contribution in [3.05, 3.63) is 35.4 Å². The molecule has 1 aliphatic rings. The lowest BCUT2D eigenvalue weighted by Gasteiger charge is -2.34. The first kappa shape index (κ1) is 14.3. The highest BCUT2D eigenvalue weighted by atomic mass is 32.2. The Labute approximate surface area is 118 Å². The summed E-state index contributed by atoms with van der Waals surface area (Å²) in [5.41, 5.74) is 2.26. The lowest BCUT2D eigenvalue weighted by Crippen LogP contribution is -2.37. The van der Waals surface area contributed by atoms with E-state index < -0.39 is 0 Å². The highest BCUT2D eigenvalue weighted by molar-refractivity contribution is 8.17. The number of aryl methyl sites for hydroxylation is 1. The van der Waals surface area contributed by atoms with Crippen LogP contribution in [0, 0.1) is 6.92 Å². The van der Waals surface area contributed by atoms with Gasteiger partial charge in [0.25, 0.3) is 0 Å². The van der Waals surface area contributed by atoms with Gasteiger partial charge in [-0.2, -0.15) is 0 Å². The molecule has 0 amide bonds. The number of hydrogen-bond acceptors (Lipinski definition) is 4. The van der Waals surface area contributed by atoms with Gasteiger partial charge in [-0.15, -0.1) is 23.5 Å². The Kier molecular flexibility index (Phi) is 5.01. The maximum Gasteiger partial charge on any atom is 0.100 e. The van der Waals surface area contributed by atoms with E-state index >= 15 is 0 Å². The van der Waals surface area contributed by atoms with Crippen molar-refractivity contribution >= 4 is 23.5 Å². The van der Waals surface area contributed by atoms with E-state index in [9.17, 15) is 5.11 Å². The molecule has 18 heavy (non-hydrogen) atoms. The average molecular weight is 283 g/mol. The molecule has 1 heterocycles. The summed E-state index contributed by atoms with van der Waals surface area (Å²) in [7, 11) is 4.26. The molecular formula is C14H21NOS2. The highest BCUT2D eigenvalue weighted by Gasteiger charge is 2.29. The topological polar surface area (TPSA) is 23.5 Å². The van der Waals surface area contributed by atoms with Gasteiger partial charge in [0.1, 0.15) is 6.10 Å². The number of rotatable bonds is 3. The van der Waals surface area contributed by atoms with E-state index in [1.165, 1.54) is 5.56 Å². The number of aliphatic hydroxyl groups is 1. The Hall–Kier alpha value is -0.160. The Morgan fingerprint density at radius 2 is 1.83 bits per heavy atom. The largest absolute Gasteiger partial charge is 0.386 e. The SMILES string of the molecule is Cc1ccccc1C(O)C1SCC(N(C)C)CS1. The Morgan fingerprint density at radius 3 is 2.39 bits per heavy atom. The predicted octanol–water partition coefficient (Wildman–Crippen LogP) is 2.76. The zero-order valence-electron chi connectivity index (χ0n) is 11.2. The zero-order chi connectivity index (χ0) is 13.1. The third-order valence-electron chi connectivity index (χ3n) is 3.40. The maximum atomic E-state index is 10.5. The van der Waals surface area contributed by atoms with Crippen molar-refractivity contribution in [3.8, 4) is 0 Å². The summed E-state index contributed by atoms with van der Waals surface area (Å²) in [6.07, 6.45) is -0.357. The molecule has 1 aromatic rings. The van der Waals surface area contributed by atoms with Crippen molar-refractivity contribution in [1.29, 1.82) is 0 Å². The summed E-state index contributed by atoms with van der Waals surface area (Å²) >= 11 is 3.77. The third kappa shape index (κ3) is 3.23. The van der Waals surface area contributed by atoms with Crippen LogP contribution >= 0.6 is 23.5 Å². The zero-order valence-corrected chi connectivity index (χ0v) is 12.8. The van der Waals surface area contributed by atoms with Gasteiger partial charge in [0.15, 0.2) is 0 Å². The molecule has 0 aromatic heterocycles. The first-order chi connectivity index (χ1) is 8.59. The Morgan fingerprint density at radius 1 is 1.22 bits per heavy atom. The lowest BCUT2D eigenvalue weighted by atomic mass is 10.0. The van der Waals surface area contributed by atoms with Crippen molar-refractivity contribution in [3.63, 3.8) is 0 Å². The first-order valence-corrected chi connectivity index (χ1v) is 8.32. The molecule has 1 fully saturated rings. The molecule has 100 valence electrons. The molecule has 0 radical (unpaired) electrons. The van der Waals surface area contributed by atoms with Gasteiger partial charge in [0.2, 0.25) is 0 Å². The van der Waals surface area contributed by atoms with Crippen LogP contribution in [0.15, 0.2) is 24.3 Å². The second kappa shape index (κ2) is 6.33. The van der Waals surface area contributed by atoms with Gasteiger partial charge < -0.3 is 10.0 Å². The molecule has 0 saturated carbocycles. The van der Waals surface area contributed by atoms with E-state index in [1.807, 2.05) is 41.7 Å². The fraction of sp³-hybridized carbons (Fsp3) is 0.571. The monoisotopic (exact) mass is 283 g/mol. The van der Waals surface area contributed by atoms with Gasteiger partial charge in [-0.1, -0.05) is 24.3 Å². The van der Waals surface area contributed by atoms with Gasteiger partial charge in [-0.3, -0.25) is 0 Å².